The van der Waals surface area contributed by atoms with Crippen LogP contribution in [0.15, 0.2) is 125 Å². The Hall–Kier alpha value is -3.67. The summed E-state index contributed by atoms with van der Waals surface area (Å²) in [4.78, 5) is 10.9. The van der Waals surface area contributed by atoms with Crippen molar-refractivity contribution >= 4 is 48.6 Å². The van der Waals surface area contributed by atoms with Crippen LogP contribution in [0.25, 0.3) is 0 Å². The molecule has 5 rings (SSSR count). The fourth-order valence-electron chi connectivity index (χ4n) is 6.73. The Labute approximate surface area is 302 Å². The summed E-state index contributed by atoms with van der Waals surface area (Å²) in [6.45, 7) is 0.744. The number of hydrogen-bond acceptors (Lipinski definition) is 6. The van der Waals surface area contributed by atoms with Crippen molar-refractivity contribution in [3.05, 3.63) is 121 Å². The first-order valence-corrected chi connectivity index (χ1v) is 22.3. The van der Waals surface area contributed by atoms with Gasteiger partial charge in [0.05, 0.1) is 0 Å². The summed E-state index contributed by atoms with van der Waals surface area (Å²) in [6.07, 6.45) is 13.4. The number of aliphatic imine (C=N–C) groups is 2. The maximum Gasteiger partial charge on any atom is 0.197 e. The Balaban J connectivity index is 0.989. The number of ether oxygens (including phenoxy) is 1. The van der Waals surface area contributed by atoms with E-state index in [1.165, 1.54) is 73.7 Å². The molecule has 3 N–H and O–H groups in total. The maximum atomic E-state index is 6.01. The van der Waals surface area contributed by atoms with Gasteiger partial charge in [-0.25, -0.2) is 9.98 Å². The first-order valence-electron chi connectivity index (χ1n) is 17.9. The molecule has 0 radical (unpaired) electrons. The smallest absolute Gasteiger partial charge is 0.197 e. The minimum atomic E-state index is -2.79. The summed E-state index contributed by atoms with van der Waals surface area (Å²) < 4.78 is 6.01. The summed E-state index contributed by atoms with van der Waals surface area (Å²) in [5, 5.41) is 4.44. The molecule has 49 heavy (non-hydrogen) atoms. The zero-order valence-electron chi connectivity index (χ0n) is 29.2. The zero-order valence-corrected chi connectivity index (χ0v) is 31.7. The van der Waals surface area contributed by atoms with Crippen molar-refractivity contribution in [2.24, 2.45) is 15.7 Å². The van der Waals surface area contributed by atoms with Crippen LogP contribution in [0.4, 0.5) is 0 Å². The van der Waals surface area contributed by atoms with Crippen LogP contribution in [0.5, 0.6) is 5.75 Å². The quantitative estimate of drug-likeness (QED) is 0.0791. The van der Waals surface area contributed by atoms with E-state index in [4.69, 9.17) is 10.5 Å². The third kappa shape index (κ3) is 9.32. The second-order valence-corrected chi connectivity index (χ2v) is 22.3. The van der Waals surface area contributed by atoms with Crippen molar-refractivity contribution in [1.29, 1.82) is 0 Å². The van der Waals surface area contributed by atoms with Gasteiger partial charge in [-0.2, -0.15) is 0 Å². The van der Waals surface area contributed by atoms with Gasteiger partial charge in [0.15, 0.2) is 12.1 Å². The van der Waals surface area contributed by atoms with E-state index in [1.54, 1.807) is 0 Å². The van der Waals surface area contributed by atoms with E-state index < -0.39 is 5.31 Å². The second kappa shape index (κ2) is 17.8. The van der Waals surface area contributed by atoms with Crippen molar-refractivity contribution in [2.75, 3.05) is 26.9 Å². The third-order valence-corrected chi connectivity index (χ3v) is 19.5. The molecule has 0 fully saturated rings. The minimum absolute atomic E-state index is 0.339. The van der Waals surface area contributed by atoms with Gasteiger partial charge >= 0.3 is 205 Å². The summed E-state index contributed by atoms with van der Waals surface area (Å²) in [6, 6.07) is 41.5. The van der Waals surface area contributed by atoms with E-state index in [9.17, 15) is 0 Å². The molecule has 6 nitrogen and oxygen atoms in total. The van der Waals surface area contributed by atoms with Gasteiger partial charge in [0, 0.05) is 14.1 Å². The van der Waals surface area contributed by atoms with Crippen molar-refractivity contribution in [3.8, 4) is 5.75 Å². The number of nitrogens with one attached hydrogen (secondary N) is 1. The SMILES string of the molecule is CN(C)C1=NC(c2ccc(OCCCCCCCCCCCCP(Br)(c3ccccc3)(c3ccccc3)c3ccccc3)cc2)N=C(N)N1. The molecule has 0 aromatic heterocycles. The number of nitrogens with zero attached hydrogens (tertiary/aromatic N) is 3. The van der Waals surface area contributed by atoms with Gasteiger partial charge in [-0.1, -0.05) is 12.1 Å². The molecule has 1 atom stereocenters. The standard InChI is InChI=1S/C41H53BrN5OP/c1-47(2)41-45-39(44-40(43)46-41)34-28-30-35(31-29-34)48-32-20-9-7-5-3-4-6-8-10-21-33-49(42,36-22-14-11-15-23-36,37-24-16-12-17-25-37)38-26-18-13-19-27-38/h11-19,22-31,39H,3-10,20-21,32-33H2,1-2H3,(H3,43,44,45,46). The van der Waals surface area contributed by atoms with E-state index in [1.807, 2.05) is 43.3 Å². The van der Waals surface area contributed by atoms with Crippen LogP contribution in [-0.4, -0.2) is 43.7 Å². The van der Waals surface area contributed by atoms with Gasteiger partial charge < -0.3 is 15.4 Å². The maximum absolute atomic E-state index is 6.01. The van der Waals surface area contributed by atoms with E-state index in [0.717, 1.165) is 30.5 Å². The van der Waals surface area contributed by atoms with Gasteiger partial charge in [-0.05, 0) is 17.7 Å². The molecule has 0 amide bonds. The molecule has 0 bridgehead atoms. The molecular formula is C41H53BrN5OP. The predicted molar refractivity (Wildman–Crippen MR) is 216 cm³/mol. The van der Waals surface area contributed by atoms with Gasteiger partial charge in [-0.15, -0.1) is 0 Å². The molecule has 4 aromatic rings. The van der Waals surface area contributed by atoms with Gasteiger partial charge in [0.25, 0.3) is 0 Å². The minimum Gasteiger partial charge on any atom is -0.370 e. The van der Waals surface area contributed by atoms with Crippen LogP contribution in [-0.2, 0) is 0 Å². The molecule has 0 spiro atoms. The zero-order chi connectivity index (χ0) is 34.4. The van der Waals surface area contributed by atoms with Gasteiger partial charge in [0.1, 0.15) is 5.75 Å². The van der Waals surface area contributed by atoms with Crippen LogP contribution in [0.1, 0.15) is 75.9 Å². The Morgan fingerprint density at radius 2 is 1.08 bits per heavy atom. The molecule has 4 aromatic carbocycles. The Kier molecular flexibility index (Phi) is 13.3. The fraction of sp³-hybridized carbons (Fsp3) is 0.366. The Bertz CT molecular complexity index is 1530. The van der Waals surface area contributed by atoms with Crippen molar-refractivity contribution in [2.45, 2.75) is 70.4 Å². The molecule has 8 heteroatoms. The molecule has 0 saturated carbocycles. The number of nitrogens with two attached hydrogens (primary N) is 1. The molecule has 260 valence electrons. The van der Waals surface area contributed by atoms with Crippen LogP contribution in [0.2, 0.25) is 0 Å². The first kappa shape index (κ1) is 36.6. The fourth-order valence-corrected chi connectivity index (χ4v) is 14.5. The first-order chi connectivity index (χ1) is 23.9. The largest absolute Gasteiger partial charge is 0.370 e. The van der Waals surface area contributed by atoms with E-state index >= 15 is 0 Å². The van der Waals surface area contributed by atoms with Gasteiger partial charge in [-0.3, -0.25) is 5.32 Å². The van der Waals surface area contributed by atoms with Crippen LogP contribution >= 0.6 is 20.8 Å². The molecule has 1 aliphatic heterocycles. The Morgan fingerprint density at radius 3 is 1.55 bits per heavy atom. The number of rotatable bonds is 18. The average molecular weight is 743 g/mol. The van der Waals surface area contributed by atoms with Crippen LogP contribution in [0, 0.1) is 0 Å². The molecule has 1 unspecified atom stereocenters. The topological polar surface area (TPSA) is 75.2 Å². The second-order valence-electron chi connectivity index (χ2n) is 13.2. The number of benzene rings is 4. The molecular weight excluding hydrogens is 689 g/mol. The Morgan fingerprint density at radius 1 is 0.633 bits per heavy atom. The van der Waals surface area contributed by atoms with E-state index in [0.29, 0.717) is 11.9 Å². The van der Waals surface area contributed by atoms with Crippen molar-refractivity contribution < 1.29 is 4.74 Å². The van der Waals surface area contributed by atoms with Gasteiger partial charge in [0.2, 0.25) is 5.96 Å². The summed E-state index contributed by atoms with van der Waals surface area (Å²) in [7, 11) is 3.85. The number of halogens is 1. The summed E-state index contributed by atoms with van der Waals surface area (Å²) in [5.41, 5.74) is 6.94. The van der Waals surface area contributed by atoms with Crippen LogP contribution in [0.3, 0.4) is 0 Å². The summed E-state index contributed by atoms with van der Waals surface area (Å²) in [5.74, 6) is 1.96. The summed E-state index contributed by atoms with van der Waals surface area (Å²) >= 11 is 4.59. The third-order valence-electron chi connectivity index (χ3n) is 9.47. The molecule has 0 aliphatic carbocycles. The van der Waals surface area contributed by atoms with Crippen molar-refractivity contribution in [3.63, 3.8) is 0 Å². The number of unbranched alkanes of at least 4 members (excludes halogenated alkanes) is 9. The number of hydrogen-bond donors (Lipinski definition) is 2. The normalized spacial score (nSPS) is 15.3. The van der Waals surface area contributed by atoms with Crippen LogP contribution < -0.4 is 31.7 Å². The van der Waals surface area contributed by atoms with Crippen molar-refractivity contribution in [1.82, 2.24) is 10.2 Å². The van der Waals surface area contributed by atoms with E-state index in [2.05, 4.69) is 122 Å². The van der Waals surface area contributed by atoms with E-state index in [-0.39, 0.29) is 6.17 Å². The predicted octanol–water partition coefficient (Wildman–Crippen LogP) is 8.64. The number of guanidine groups is 2. The molecule has 0 saturated heterocycles. The average Bonchev–Trinajstić information content (AvgIpc) is 3.14. The monoisotopic (exact) mass is 741 g/mol. The molecule has 1 heterocycles. The molecule has 1 aliphatic rings.